The molecular formula is C8H11ClN4O. The molecule has 3 N–H and O–H groups in total. The van der Waals surface area contributed by atoms with Crippen LogP contribution in [0.4, 0.5) is 5.82 Å². The van der Waals surface area contributed by atoms with Gasteiger partial charge in [-0.25, -0.2) is 10.8 Å². The number of amides is 1. The smallest absolute Gasteiger partial charge is 0.253 e. The number of anilines is 1. The normalized spacial score (nSPS) is 9.64. The largest absolute Gasteiger partial charge is 0.350 e. The van der Waals surface area contributed by atoms with Gasteiger partial charge < -0.3 is 4.90 Å². The molecular weight excluding hydrogens is 204 g/mol. The van der Waals surface area contributed by atoms with Crippen molar-refractivity contribution in [3.05, 3.63) is 23.4 Å². The summed E-state index contributed by atoms with van der Waals surface area (Å²) >= 11 is 5.67. The second-order valence-corrected chi connectivity index (χ2v) is 3.19. The lowest BCUT2D eigenvalue weighted by Crippen LogP contribution is -2.39. The molecule has 0 saturated heterocycles. The number of nitrogens with two attached hydrogens (primary N) is 1. The minimum Gasteiger partial charge on any atom is -0.350 e. The number of halogens is 1. The Labute approximate surface area is 86.8 Å². The zero-order chi connectivity index (χ0) is 10.6. The fraction of sp³-hybridized carbons (Fsp3) is 0.250. The molecule has 6 heteroatoms. The van der Waals surface area contributed by atoms with E-state index in [0.29, 0.717) is 10.8 Å². The van der Waals surface area contributed by atoms with Gasteiger partial charge in [-0.2, -0.15) is 0 Å². The highest BCUT2D eigenvalue weighted by atomic mass is 35.5. The van der Waals surface area contributed by atoms with Gasteiger partial charge in [-0.05, 0) is 12.1 Å². The predicted molar refractivity (Wildman–Crippen MR) is 54.8 cm³/mol. The topological polar surface area (TPSA) is 71.2 Å². The zero-order valence-electron chi connectivity index (χ0n) is 7.70. The van der Waals surface area contributed by atoms with Gasteiger partial charge in [0.25, 0.3) is 5.91 Å². The van der Waals surface area contributed by atoms with Crippen molar-refractivity contribution in [2.75, 3.05) is 18.5 Å². The van der Waals surface area contributed by atoms with E-state index >= 15 is 0 Å². The Morgan fingerprint density at radius 3 is 2.93 bits per heavy atom. The molecule has 0 aliphatic heterocycles. The Kier molecular flexibility index (Phi) is 3.67. The maximum absolute atomic E-state index is 10.9. The highest BCUT2D eigenvalue weighted by molar-refractivity contribution is 6.30. The monoisotopic (exact) mass is 214 g/mol. The third-order valence-corrected chi connectivity index (χ3v) is 1.87. The minimum atomic E-state index is -0.274. The van der Waals surface area contributed by atoms with Gasteiger partial charge in [-0.15, -0.1) is 0 Å². The van der Waals surface area contributed by atoms with Crippen LogP contribution in [0.3, 0.4) is 0 Å². The number of pyridine rings is 1. The molecule has 0 fully saturated rings. The average molecular weight is 215 g/mol. The molecule has 1 aromatic rings. The van der Waals surface area contributed by atoms with E-state index in [-0.39, 0.29) is 12.5 Å². The number of carbonyl (C=O) groups is 1. The Morgan fingerprint density at radius 2 is 2.43 bits per heavy atom. The van der Waals surface area contributed by atoms with E-state index in [4.69, 9.17) is 17.4 Å². The summed E-state index contributed by atoms with van der Waals surface area (Å²) in [5, 5.41) is 0.561. The van der Waals surface area contributed by atoms with E-state index in [1.165, 1.54) is 6.20 Å². The number of likely N-dealkylation sites (N-methyl/N-ethyl adjacent to an activating group) is 1. The molecule has 0 unspecified atom stereocenters. The van der Waals surface area contributed by atoms with Crippen LogP contribution in [-0.2, 0) is 4.79 Å². The summed E-state index contributed by atoms with van der Waals surface area (Å²) < 4.78 is 0. The molecule has 1 heterocycles. The van der Waals surface area contributed by atoms with Crippen LogP contribution in [0, 0.1) is 0 Å². The summed E-state index contributed by atoms with van der Waals surface area (Å²) in [5.74, 6) is 5.35. The number of hydrogen-bond donors (Lipinski definition) is 2. The van der Waals surface area contributed by atoms with Crippen LogP contribution in [0.25, 0.3) is 0 Å². The Morgan fingerprint density at radius 1 is 1.71 bits per heavy atom. The lowest BCUT2D eigenvalue weighted by Gasteiger charge is -2.16. The Hall–Kier alpha value is -1.33. The Bertz CT molecular complexity index is 314. The molecule has 0 aromatic carbocycles. The number of hydrogen-bond acceptors (Lipinski definition) is 4. The van der Waals surface area contributed by atoms with Crippen molar-refractivity contribution in [1.29, 1.82) is 0 Å². The van der Waals surface area contributed by atoms with Gasteiger partial charge in [0.2, 0.25) is 0 Å². The maximum Gasteiger partial charge on any atom is 0.253 e. The summed E-state index contributed by atoms with van der Waals surface area (Å²) in [6.07, 6.45) is 1.52. The van der Waals surface area contributed by atoms with E-state index in [1.54, 1.807) is 24.1 Å². The standard InChI is InChI=1S/C8H11ClN4O/c1-13(5-8(14)12-10)7-3-2-6(9)4-11-7/h2-4H,5,10H2,1H3,(H,12,14). The van der Waals surface area contributed by atoms with Crippen LogP contribution >= 0.6 is 11.6 Å². The fourth-order valence-electron chi connectivity index (χ4n) is 0.936. The number of rotatable bonds is 3. The molecule has 0 aliphatic rings. The molecule has 0 bridgehead atoms. The second-order valence-electron chi connectivity index (χ2n) is 2.76. The Balaban J connectivity index is 2.65. The van der Waals surface area contributed by atoms with E-state index in [0.717, 1.165) is 0 Å². The molecule has 0 atom stereocenters. The number of nitrogens with zero attached hydrogens (tertiary/aromatic N) is 2. The molecule has 76 valence electrons. The molecule has 1 aromatic heterocycles. The lowest BCUT2D eigenvalue weighted by atomic mass is 10.4. The summed E-state index contributed by atoms with van der Waals surface area (Å²) in [7, 11) is 1.74. The number of hydrazine groups is 1. The van der Waals surface area contributed by atoms with Crippen molar-refractivity contribution in [1.82, 2.24) is 10.4 Å². The SMILES string of the molecule is CN(CC(=O)NN)c1ccc(Cl)cn1. The van der Waals surface area contributed by atoms with E-state index < -0.39 is 0 Å². The molecule has 0 saturated carbocycles. The molecule has 14 heavy (non-hydrogen) atoms. The maximum atomic E-state index is 10.9. The summed E-state index contributed by atoms with van der Waals surface area (Å²) in [6, 6.07) is 3.44. The molecule has 1 amide bonds. The first kappa shape index (κ1) is 10.7. The predicted octanol–water partition coefficient (Wildman–Crippen LogP) is 0.161. The van der Waals surface area contributed by atoms with Crippen molar-refractivity contribution in [3.8, 4) is 0 Å². The number of carbonyl (C=O) groups excluding carboxylic acids is 1. The summed E-state index contributed by atoms with van der Waals surface area (Å²) in [5.41, 5.74) is 2.04. The van der Waals surface area contributed by atoms with Crippen LogP contribution in [0.1, 0.15) is 0 Å². The summed E-state index contributed by atoms with van der Waals surface area (Å²) in [4.78, 5) is 16.6. The minimum absolute atomic E-state index is 0.158. The van der Waals surface area contributed by atoms with Gasteiger partial charge in [-0.1, -0.05) is 11.6 Å². The van der Waals surface area contributed by atoms with Gasteiger partial charge in [-0.3, -0.25) is 10.2 Å². The van der Waals surface area contributed by atoms with Crippen molar-refractivity contribution >= 4 is 23.3 Å². The second kappa shape index (κ2) is 4.78. The van der Waals surface area contributed by atoms with Crippen LogP contribution in [0.15, 0.2) is 18.3 Å². The van der Waals surface area contributed by atoms with Gasteiger partial charge >= 0.3 is 0 Å². The first-order valence-corrected chi connectivity index (χ1v) is 4.33. The van der Waals surface area contributed by atoms with E-state index in [1.807, 2.05) is 5.43 Å². The first-order chi connectivity index (χ1) is 6.63. The van der Waals surface area contributed by atoms with Crippen molar-refractivity contribution < 1.29 is 4.79 Å². The summed E-state index contributed by atoms with van der Waals surface area (Å²) in [6.45, 7) is 0.158. The van der Waals surface area contributed by atoms with Crippen molar-refractivity contribution in [2.24, 2.45) is 5.84 Å². The van der Waals surface area contributed by atoms with Crippen molar-refractivity contribution in [3.63, 3.8) is 0 Å². The highest BCUT2D eigenvalue weighted by Gasteiger charge is 2.06. The van der Waals surface area contributed by atoms with Crippen LogP contribution in [0.2, 0.25) is 5.02 Å². The highest BCUT2D eigenvalue weighted by Crippen LogP contribution is 2.12. The molecule has 0 spiro atoms. The third-order valence-electron chi connectivity index (χ3n) is 1.64. The molecule has 0 radical (unpaired) electrons. The third kappa shape index (κ3) is 2.86. The van der Waals surface area contributed by atoms with Gasteiger partial charge in [0.1, 0.15) is 5.82 Å². The van der Waals surface area contributed by atoms with E-state index in [2.05, 4.69) is 4.98 Å². The van der Waals surface area contributed by atoms with Crippen LogP contribution < -0.4 is 16.2 Å². The van der Waals surface area contributed by atoms with Crippen molar-refractivity contribution in [2.45, 2.75) is 0 Å². The molecule has 1 rings (SSSR count). The van der Waals surface area contributed by atoms with Gasteiger partial charge in [0, 0.05) is 13.2 Å². The van der Waals surface area contributed by atoms with Crippen LogP contribution in [0.5, 0.6) is 0 Å². The quantitative estimate of drug-likeness (QED) is 0.427. The van der Waals surface area contributed by atoms with Crippen LogP contribution in [-0.4, -0.2) is 24.5 Å². The zero-order valence-corrected chi connectivity index (χ0v) is 8.45. The van der Waals surface area contributed by atoms with E-state index in [9.17, 15) is 4.79 Å². The fourth-order valence-corrected chi connectivity index (χ4v) is 1.05. The molecule has 0 aliphatic carbocycles. The van der Waals surface area contributed by atoms with Gasteiger partial charge in [0.05, 0.1) is 11.6 Å². The average Bonchev–Trinajstić information content (AvgIpc) is 2.18. The lowest BCUT2D eigenvalue weighted by molar-refractivity contribution is -0.119. The number of nitrogens with one attached hydrogen (secondary N) is 1. The molecule has 5 nitrogen and oxygen atoms in total. The van der Waals surface area contributed by atoms with Gasteiger partial charge in [0.15, 0.2) is 0 Å². The first-order valence-electron chi connectivity index (χ1n) is 3.95. The number of aromatic nitrogens is 1.